The predicted molar refractivity (Wildman–Crippen MR) is 61.8 cm³/mol. The van der Waals surface area contributed by atoms with Crippen LogP contribution in [0.15, 0.2) is 29.2 Å². The van der Waals surface area contributed by atoms with Crippen LogP contribution in [0.4, 0.5) is 0 Å². The summed E-state index contributed by atoms with van der Waals surface area (Å²) < 4.78 is 30.4. The van der Waals surface area contributed by atoms with Gasteiger partial charge in [-0.3, -0.25) is 4.55 Å². The van der Waals surface area contributed by atoms with Crippen molar-refractivity contribution in [3.05, 3.63) is 29.8 Å². The van der Waals surface area contributed by atoms with E-state index in [-0.39, 0.29) is 4.90 Å². The van der Waals surface area contributed by atoms with E-state index < -0.39 is 10.1 Å². The summed E-state index contributed by atoms with van der Waals surface area (Å²) in [5.74, 6) is 0. The Morgan fingerprint density at radius 1 is 1.20 bits per heavy atom. The highest BCUT2D eigenvalue weighted by atomic mass is 32.2. The molecular weight excluding hydrogens is 224 g/mol. The van der Waals surface area contributed by atoms with Crippen molar-refractivity contribution in [1.29, 1.82) is 0 Å². The Kier molecular flexibility index (Phi) is 6.43. The molecule has 0 spiro atoms. The molecule has 0 heterocycles. The lowest BCUT2D eigenvalue weighted by Gasteiger charge is -1.95. The van der Waals surface area contributed by atoms with Crippen molar-refractivity contribution < 1.29 is 13.0 Å². The maximum absolute atomic E-state index is 10.5. The van der Waals surface area contributed by atoms with Crippen LogP contribution in [0.2, 0.25) is 4.05 Å². The molecule has 0 aliphatic carbocycles. The van der Waals surface area contributed by atoms with Gasteiger partial charge in [0.1, 0.15) is 0 Å². The molecule has 1 rings (SSSR count). The van der Waals surface area contributed by atoms with Crippen molar-refractivity contribution in [2.75, 3.05) is 0 Å². The molecule has 0 unspecified atom stereocenters. The Balaban J connectivity index is 0.000000423. The summed E-state index contributed by atoms with van der Waals surface area (Å²) in [5, 5.41) is 0. The fourth-order valence-corrected chi connectivity index (χ4v) is 1.19. The van der Waals surface area contributed by atoms with E-state index >= 15 is 0 Å². The van der Waals surface area contributed by atoms with Crippen LogP contribution in [0.25, 0.3) is 0 Å². The Hall–Kier alpha value is -0.104. The van der Waals surface area contributed by atoms with Crippen molar-refractivity contribution in [3.63, 3.8) is 0 Å². The van der Waals surface area contributed by atoms with Crippen LogP contribution < -0.4 is 0 Å². The highest BCUT2D eigenvalue weighted by molar-refractivity contribution is 7.85. The minimum Gasteiger partial charge on any atom is -0.282 e. The summed E-state index contributed by atoms with van der Waals surface area (Å²) in [5.41, 5.74) is 0.956. The molecule has 0 fully saturated rings. The first-order chi connectivity index (χ1) is 6.73. The minimum atomic E-state index is -4.02. The average Bonchev–Trinajstić information content (AvgIpc) is 2.01. The zero-order valence-corrected chi connectivity index (χ0v) is 11.5. The highest BCUT2D eigenvalue weighted by Crippen LogP contribution is 2.08. The van der Waals surface area contributed by atoms with Crippen LogP contribution in [-0.2, 0) is 10.1 Å². The van der Waals surface area contributed by atoms with Crippen LogP contribution in [-0.4, -0.2) is 34.7 Å². The zero-order valence-electron chi connectivity index (χ0n) is 9.27. The lowest BCUT2D eigenvalue weighted by molar-refractivity contribution is 0.483. The Labute approximate surface area is 104 Å². The van der Waals surface area contributed by atoms with Gasteiger partial charge in [-0.15, -0.1) is 0 Å². The number of hydrogen-bond acceptors (Lipinski definition) is 2. The van der Waals surface area contributed by atoms with Crippen LogP contribution in [0.3, 0.4) is 0 Å². The molecule has 0 amide bonds. The smallest absolute Gasteiger partial charge is 0.282 e. The largest absolute Gasteiger partial charge is 1.41 e. The third kappa shape index (κ3) is 7.78. The molecule has 0 aromatic heterocycles. The van der Waals surface area contributed by atoms with Gasteiger partial charge in [0.25, 0.3) is 14.2 Å². The molecule has 0 saturated carbocycles. The summed E-state index contributed by atoms with van der Waals surface area (Å²) in [7, 11) is -4.02. The van der Waals surface area contributed by atoms with Gasteiger partial charge in [0.05, 0.1) is 4.90 Å². The topological polar surface area (TPSA) is 54.4 Å². The third-order valence-corrected chi connectivity index (χ3v) is 2.19. The number of aryl methyl sites for hydroxylation is 1. The van der Waals surface area contributed by atoms with Crippen LogP contribution >= 0.6 is 0 Å². The van der Waals surface area contributed by atoms with Gasteiger partial charge in [-0.2, -0.15) is 8.42 Å². The van der Waals surface area contributed by atoms with E-state index in [1.807, 2.05) is 28.6 Å². The monoisotopic (exact) mass is 239 g/mol. The van der Waals surface area contributed by atoms with Gasteiger partial charge in [-0.25, -0.2) is 0 Å². The lowest BCUT2D eigenvalue weighted by atomic mass is 10.2. The fraction of sp³-hybridized carbons (Fsp3) is 0.400. The van der Waals surface area contributed by atoms with Gasteiger partial charge in [0, 0.05) is 13.8 Å². The lowest BCUT2D eigenvalue weighted by Crippen LogP contribution is -1.96. The first kappa shape index (κ1) is 14.9. The molecule has 5 heteroatoms. The molecule has 0 aliphatic rings. The molecule has 1 aromatic carbocycles. The van der Waals surface area contributed by atoms with E-state index in [4.69, 9.17) is 4.55 Å². The standard InChI is InChI=1S/C7H8O3S.C3H7.Mg/c1-6-2-4-7(5-3-6)11(8,9)10;1-3-2;/h2-5H,1H3,(H,8,9,10);3H,1-2H3;/q;;+2. The maximum Gasteiger partial charge on any atom is 1.41 e. The predicted octanol–water partition coefficient (Wildman–Crippen LogP) is 2.22. The van der Waals surface area contributed by atoms with E-state index in [1.165, 1.54) is 12.1 Å². The van der Waals surface area contributed by atoms with Crippen molar-refractivity contribution in [2.45, 2.75) is 29.7 Å². The van der Waals surface area contributed by atoms with E-state index in [2.05, 4.69) is 13.8 Å². The van der Waals surface area contributed by atoms with Gasteiger partial charge in [0.15, 0.2) is 0 Å². The Bertz CT molecular complexity index is 379. The van der Waals surface area contributed by atoms with Crippen molar-refractivity contribution >= 4 is 31.8 Å². The average molecular weight is 240 g/mol. The first-order valence-corrected chi connectivity index (χ1v) is 6.86. The summed E-state index contributed by atoms with van der Waals surface area (Å²) in [6.07, 6.45) is 0. The molecule has 79 valence electrons. The summed E-state index contributed by atoms with van der Waals surface area (Å²) in [6, 6.07) is 5.99. The van der Waals surface area contributed by atoms with Gasteiger partial charge < -0.3 is 0 Å². The SMILES string of the molecule is C[CH](C)[Mg+2].Cc1ccc(S(=O)(=O)O)cc1. The second-order valence-corrected chi connectivity index (χ2v) is 6.74. The quantitative estimate of drug-likeness (QED) is 0.604. The molecule has 1 aromatic rings. The minimum absolute atomic E-state index is 0.0666. The normalized spacial score (nSPS) is 10.8. The molecule has 1 N–H and O–H groups in total. The summed E-state index contributed by atoms with van der Waals surface area (Å²) >= 11 is 2.00. The number of hydrogen-bond donors (Lipinski definition) is 1. The second-order valence-electron chi connectivity index (χ2n) is 3.68. The molecule has 0 bridgehead atoms. The van der Waals surface area contributed by atoms with E-state index in [0.29, 0.717) is 0 Å². The highest BCUT2D eigenvalue weighted by Gasteiger charge is 2.29. The number of benzene rings is 1. The van der Waals surface area contributed by atoms with Crippen LogP contribution in [0.1, 0.15) is 19.4 Å². The van der Waals surface area contributed by atoms with Gasteiger partial charge in [-0.05, 0) is 19.1 Å². The Morgan fingerprint density at radius 3 is 1.80 bits per heavy atom. The molecular formula is C10H15MgO3S+2. The van der Waals surface area contributed by atoms with Crippen molar-refractivity contribution in [1.82, 2.24) is 0 Å². The molecule has 0 atom stereocenters. The van der Waals surface area contributed by atoms with Crippen LogP contribution in [0.5, 0.6) is 0 Å². The second kappa shape index (κ2) is 6.47. The third-order valence-electron chi connectivity index (χ3n) is 1.32. The molecule has 0 saturated heterocycles. The molecule has 7 radical (unpaired) electrons. The van der Waals surface area contributed by atoms with Gasteiger partial charge in [0.2, 0.25) is 0 Å². The Morgan fingerprint density at radius 2 is 1.53 bits per heavy atom. The summed E-state index contributed by atoms with van der Waals surface area (Å²) in [4.78, 5) is -0.0666. The number of rotatable bonds is 1. The van der Waals surface area contributed by atoms with E-state index in [0.717, 1.165) is 9.61 Å². The van der Waals surface area contributed by atoms with E-state index in [1.54, 1.807) is 12.1 Å². The van der Waals surface area contributed by atoms with Crippen molar-refractivity contribution in [2.24, 2.45) is 0 Å². The van der Waals surface area contributed by atoms with E-state index in [9.17, 15) is 8.42 Å². The molecule has 0 aliphatic heterocycles. The molecule has 3 nitrogen and oxygen atoms in total. The zero-order chi connectivity index (χ0) is 12.1. The van der Waals surface area contributed by atoms with Crippen LogP contribution in [0, 0.1) is 6.92 Å². The molecule has 15 heavy (non-hydrogen) atoms. The maximum atomic E-state index is 10.5. The summed E-state index contributed by atoms with van der Waals surface area (Å²) in [6.45, 7) is 6.20. The first-order valence-electron chi connectivity index (χ1n) is 4.60. The fourth-order valence-electron chi connectivity index (χ4n) is 0.710. The van der Waals surface area contributed by atoms with Crippen molar-refractivity contribution in [3.8, 4) is 0 Å². The van der Waals surface area contributed by atoms with Gasteiger partial charge in [-0.1, -0.05) is 17.7 Å². The van der Waals surface area contributed by atoms with Gasteiger partial charge >= 0.3 is 21.7 Å².